The summed E-state index contributed by atoms with van der Waals surface area (Å²) in [6.07, 6.45) is 6.05. The molecule has 3 heterocycles. The van der Waals surface area contributed by atoms with Gasteiger partial charge in [0.25, 0.3) is 5.91 Å². The number of benzene rings is 3. The molecule has 0 saturated carbocycles. The molecule has 2 amide bonds. The van der Waals surface area contributed by atoms with Crippen molar-refractivity contribution in [1.29, 1.82) is 0 Å². The van der Waals surface area contributed by atoms with Crippen LogP contribution in [0.25, 0.3) is 0 Å². The minimum Gasteiger partial charge on any atom is -0.273 e. The van der Waals surface area contributed by atoms with E-state index in [1.165, 1.54) is 10.5 Å². The van der Waals surface area contributed by atoms with Crippen molar-refractivity contribution in [3.8, 4) is 0 Å². The molecule has 0 radical (unpaired) electrons. The number of thioether (sulfide) groups is 1. The van der Waals surface area contributed by atoms with Gasteiger partial charge in [0, 0.05) is 9.92 Å². The number of fused-ring (bicyclic) bond motifs is 3. The van der Waals surface area contributed by atoms with E-state index in [1.54, 1.807) is 23.9 Å². The lowest BCUT2D eigenvalue weighted by molar-refractivity contribution is -0.123. The number of hydrogen-bond donors (Lipinski definition) is 0. The number of hydrogen-bond acceptors (Lipinski definition) is 5. The van der Waals surface area contributed by atoms with Crippen LogP contribution in [0.1, 0.15) is 5.56 Å². The van der Waals surface area contributed by atoms with Crippen molar-refractivity contribution >= 4 is 46.6 Å². The van der Waals surface area contributed by atoms with Gasteiger partial charge < -0.3 is 0 Å². The van der Waals surface area contributed by atoms with Crippen molar-refractivity contribution in [3.63, 3.8) is 0 Å². The molecule has 0 bridgehead atoms. The molecule has 5 nitrogen and oxygen atoms in total. The van der Waals surface area contributed by atoms with Gasteiger partial charge in [0.05, 0.1) is 28.4 Å². The summed E-state index contributed by atoms with van der Waals surface area (Å²) in [7, 11) is 0. The van der Waals surface area contributed by atoms with Crippen LogP contribution in [-0.2, 0) is 9.59 Å². The topological polar surface area (TPSA) is 43.9 Å². The zero-order chi connectivity index (χ0) is 24.1. The highest BCUT2D eigenvalue weighted by Gasteiger charge is 2.62. The monoisotopic (exact) mass is 499 g/mol. The highest BCUT2D eigenvalue weighted by Crippen LogP contribution is 2.48. The lowest BCUT2D eigenvalue weighted by Crippen LogP contribution is -2.49. The first-order valence-electron chi connectivity index (χ1n) is 11.4. The fourth-order valence-electron chi connectivity index (χ4n) is 5.00. The van der Waals surface area contributed by atoms with Gasteiger partial charge in [-0.15, -0.1) is 0 Å². The van der Waals surface area contributed by atoms with Crippen molar-refractivity contribution in [2.24, 2.45) is 5.92 Å². The van der Waals surface area contributed by atoms with Gasteiger partial charge in [0.1, 0.15) is 6.04 Å². The number of halogens is 1. The maximum atomic E-state index is 13.9. The smallest absolute Gasteiger partial charge is 0.259 e. The highest BCUT2D eigenvalue weighted by molar-refractivity contribution is 8.03. The van der Waals surface area contributed by atoms with E-state index >= 15 is 0 Å². The molecule has 2 saturated heterocycles. The Morgan fingerprint density at radius 1 is 0.800 bits per heavy atom. The molecule has 0 aliphatic carbocycles. The second-order valence-corrected chi connectivity index (χ2v) is 10.3. The Morgan fingerprint density at radius 2 is 1.51 bits per heavy atom. The number of allylic oxidation sites excluding steroid dienone is 2. The number of amides is 2. The minimum atomic E-state index is -0.654. The van der Waals surface area contributed by atoms with Gasteiger partial charge in [0.2, 0.25) is 5.91 Å². The first kappa shape index (κ1) is 22.0. The van der Waals surface area contributed by atoms with Gasteiger partial charge in [0.15, 0.2) is 0 Å². The Labute approximate surface area is 213 Å². The third-order valence-electron chi connectivity index (χ3n) is 6.59. The molecule has 0 unspecified atom stereocenters. The second-order valence-electron chi connectivity index (χ2n) is 8.78. The molecule has 0 N–H and O–H groups in total. The standard InChI is InChI=1S/C28H22ClN3O2S/c1-18-10-16-22(17-11-18)35-24-9-5-8-23-25-26(31(32(23)24)21-14-12-19(29)13-15-21)28(34)30(27(25)33)20-6-3-2-4-7-20/h2-17,23,25-26H,1H3/t23-,25+,26-/m0/s1. The van der Waals surface area contributed by atoms with Crippen LogP contribution in [0.15, 0.2) is 107 Å². The van der Waals surface area contributed by atoms with E-state index in [0.29, 0.717) is 10.7 Å². The van der Waals surface area contributed by atoms with Crippen LogP contribution >= 0.6 is 23.4 Å². The largest absolute Gasteiger partial charge is 0.273 e. The Kier molecular flexibility index (Phi) is 5.43. The quantitative estimate of drug-likeness (QED) is 0.423. The second kappa shape index (κ2) is 8.63. The Morgan fingerprint density at radius 3 is 2.23 bits per heavy atom. The number of nitrogens with zero attached hydrogens (tertiary/aromatic N) is 3. The molecule has 35 heavy (non-hydrogen) atoms. The van der Waals surface area contributed by atoms with Crippen LogP contribution in [0.2, 0.25) is 5.02 Å². The SMILES string of the molecule is Cc1ccc(SC2=CC=C[C@H]3[C@H]4C(=O)N(c5ccccc5)C(=O)[C@H]4N(c4ccc(Cl)cc4)N23)cc1. The fraction of sp³-hybridized carbons (Fsp3) is 0.143. The zero-order valence-corrected chi connectivity index (χ0v) is 20.5. The van der Waals surface area contributed by atoms with Gasteiger partial charge in [-0.3, -0.25) is 19.6 Å². The van der Waals surface area contributed by atoms with E-state index in [2.05, 4.69) is 36.2 Å². The van der Waals surface area contributed by atoms with Gasteiger partial charge >= 0.3 is 0 Å². The zero-order valence-electron chi connectivity index (χ0n) is 18.9. The van der Waals surface area contributed by atoms with Crippen LogP contribution in [0.5, 0.6) is 0 Å². The molecule has 174 valence electrons. The molecule has 3 aromatic rings. The fourth-order valence-corrected chi connectivity index (χ4v) is 6.09. The summed E-state index contributed by atoms with van der Waals surface area (Å²) in [6, 6.07) is 24.0. The van der Waals surface area contributed by atoms with E-state index in [1.807, 2.05) is 65.7 Å². The van der Waals surface area contributed by atoms with Gasteiger partial charge in [-0.05, 0) is 61.5 Å². The number of imide groups is 1. The number of hydrazine groups is 1. The molecular formula is C28H22ClN3O2S. The third kappa shape index (κ3) is 3.65. The third-order valence-corrected chi connectivity index (χ3v) is 7.88. The summed E-state index contributed by atoms with van der Waals surface area (Å²) in [5.41, 5.74) is 2.61. The predicted octanol–water partition coefficient (Wildman–Crippen LogP) is 5.82. The van der Waals surface area contributed by atoms with Crippen LogP contribution in [-0.4, -0.2) is 28.9 Å². The lowest BCUT2D eigenvalue weighted by Gasteiger charge is -2.39. The Hall–Kier alpha value is -3.48. The number of carbonyl (C=O) groups is 2. The van der Waals surface area contributed by atoms with Gasteiger partial charge in [-0.2, -0.15) is 0 Å². The van der Waals surface area contributed by atoms with E-state index in [9.17, 15) is 9.59 Å². The predicted molar refractivity (Wildman–Crippen MR) is 140 cm³/mol. The summed E-state index contributed by atoms with van der Waals surface area (Å²) in [4.78, 5) is 30.0. The summed E-state index contributed by atoms with van der Waals surface area (Å²) in [5, 5.41) is 5.65. The highest BCUT2D eigenvalue weighted by atomic mass is 35.5. The average Bonchev–Trinajstić information content (AvgIpc) is 3.35. The molecule has 3 atom stereocenters. The maximum absolute atomic E-state index is 13.9. The molecule has 3 aliphatic heterocycles. The average molecular weight is 500 g/mol. The Balaban J connectivity index is 1.44. The van der Waals surface area contributed by atoms with E-state index in [0.717, 1.165) is 15.6 Å². The van der Waals surface area contributed by atoms with Crippen molar-refractivity contribution in [2.45, 2.75) is 23.9 Å². The van der Waals surface area contributed by atoms with Gasteiger partial charge in [-0.1, -0.05) is 71.4 Å². The van der Waals surface area contributed by atoms with Crippen molar-refractivity contribution < 1.29 is 9.59 Å². The molecule has 2 fully saturated rings. The minimum absolute atomic E-state index is 0.177. The molecular weight excluding hydrogens is 478 g/mol. The summed E-state index contributed by atoms with van der Waals surface area (Å²) < 4.78 is 0. The van der Waals surface area contributed by atoms with E-state index in [4.69, 9.17) is 11.6 Å². The molecule has 3 aromatic carbocycles. The van der Waals surface area contributed by atoms with Crippen LogP contribution in [0.4, 0.5) is 11.4 Å². The Bertz CT molecular complexity index is 1360. The summed E-state index contributed by atoms with van der Waals surface area (Å²) >= 11 is 7.80. The number of rotatable bonds is 4. The van der Waals surface area contributed by atoms with Crippen molar-refractivity contribution in [3.05, 3.63) is 113 Å². The summed E-state index contributed by atoms with van der Waals surface area (Å²) in [5.74, 6) is -0.926. The van der Waals surface area contributed by atoms with E-state index in [-0.39, 0.29) is 17.9 Å². The number of carbonyl (C=O) groups excluding carboxylic acids is 2. The van der Waals surface area contributed by atoms with Crippen LogP contribution in [0, 0.1) is 12.8 Å². The first-order chi connectivity index (χ1) is 17.0. The number of aryl methyl sites for hydroxylation is 1. The molecule has 7 heteroatoms. The first-order valence-corrected chi connectivity index (χ1v) is 12.6. The molecule has 3 aliphatic rings. The lowest BCUT2D eigenvalue weighted by atomic mass is 9.94. The maximum Gasteiger partial charge on any atom is 0.259 e. The number of anilines is 2. The number of para-hydroxylation sites is 1. The molecule has 0 aromatic heterocycles. The molecule has 6 rings (SSSR count). The van der Waals surface area contributed by atoms with Crippen LogP contribution < -0.4 is 9.91 Å². The molecule has 0 spiro atoms. The van der Waals surface area contributed by atoms with Crippen molar-refractivity contribution in [2.75, 3.05) is 9.91 Å². The summed E-state index contributed by atoms with van der Waals surface area (Å²) in [6.45, 7) is 2.06. The van der Waals surface area contributed by atoms with Crippen LogP contribution in [0.3, 0.4) is 0 Å². The van der Waals surface area contributed by atoms with Gasteiger partial charge in [-0.25, -0.2) is 4.90 Å². The normalized spacial score (nSPS) is 23.0. The van der Waals surface area contributed by atoms with E-state index < -0.39 is 12.0 Å². The van der Waals surface area contributed by atoms with Crippen molar-refractivity contribution in [1.82, 2.24) is 5.01 Å².